The van der Waals surface area contributed by atoms with Crippen molar-refractivity contribution in [1.82, 2.24) is 39.7 Å². The van der Waals surface area contributed by atoms with Crippen LogP contribution in [-0.4, -0.2) is 114 Å². The molecule has 9 rings (SSSR count). The minimum absolute atomic E-state index is 0.0320. The molecule has 103 heavy (non-hydrogen) atoms. The van der Waals surface area contributed by atoms with Crippen molar-refractivity contribution in [2.75, 3.05) is 26.3 Å². The molecule has 546 valence electrons. The largest absolute Gasteiger partial charge is 0.481 e. The molecule has 0 aliphatic rings. The normalized spacial score (nSPS) is 11.8. The van der Waals surface area contributed by atoms with Gasteiger partial charge in [-0.2, -0.15) is 0 Å². The molecule has 0 spiro atoms. The Morgan fingerprint density at radius 1 is 0.437 bits per heavy atom. The van der Waals surface area contributed by atoms with E-state index in [9.17, 15) is 39.0 Å². The smallest absolute Gasteiger partial charge is 0.358 e. The standard InChI is InChI=1S/C33H47N3O4Si.C27H33N3O4.C22H22N2O4/c1-24(2)36(20-21-40-41(8,9)32(3,4)5)31(38)28-29(39-23-25-16-12-10-13-17-25)30(37)35-27(34-28)22-33(6,7)26-18-14-11-15-19-26;1-19(2)30(15-16-31)26(33)23-24(34-18-20-11-7-5-8-12-20)25(32)29-22(28-23)17-27(3,4)21-13-9-6-10-14-21;1-22(2,16-11-7-4-8-12-16)13-17-23-18(21(26)27)19(20(25)24-17)28-14-15-9-5-3-6-10-15/h10-19,24H,20-23H2,1-9H3,(H,34,35,37);5-14,19,31H,15-18H2,1-4H3,(H,28,29,32);3-12H,13-14H2,1-2H3,(H,26,27)(H,23,24,25). The van der Waals surface area contributed by atoms with Gasteiger partial charge in [0.05, 0.1) is 13.2 Å². The monoisotopic (exact) mass is 1420 g/mol. The number of carboxylic acids is 1. The van der Waals surface area contributed by atoms with E-state index < -0.39 is 36.9 Å². The Labute approximate surface area is 606 Å². The molecule has 0 unspecified atom stereocenters. The van der Waals surface area contributed by atoms with E-state index in [0.29, 0.717) is 49.9 Å². The van der Waals surface area contributed by atoms with Crippen LogP contribution in [0.5, 0.6) is 17.2 Å². The van der Waals surface area contributed by atoms with Gasteiger partial charge in [0.15, 0.2) is 25.4 Å². The molecule has 5 N–H and O–H groups in total. The van der Waals surface area contributed by atoms with Crippen molar-refractivity contribution in [1.29, 1.82) is 0 Å². The van der Waals surface area contributed by atoms with Crippen molar-refractivity contribution in [3.63, 3.8) is 0 Å². The van der Waals surface area contributed by atoms with Crippen molar-refractivity contribution in [2.24, 2.45) is 0 Å². The van der Waals surface area contributed by atoms with Crippen LogP contribution in [0.2, 0.25) is 18.1 Å². The van der Waals surface area contributed by atoms with Crippen molar-refractivity contribution in [2.45, 2.75) is 176 Å². The number of hydrogen-bond acceptors (Lipinski definition) is 14. The number of aromatic nitrogens is 6. The van der Waals surface area contributed by atoms with Gasteiger partial charge in [-0.3, -0.25) is 24.0 Å². The topological polar surface area (TPSA) is 272 Å². The zero-order valence-corrected chi connectivity index (χ0v) is 63.3. The van der Waals surface area contributed by atoms with Gasteiger partial charge in [-0.05, 0) is 95.5 Å². The second-order valence-corrected chi connectivity index (χ2v) is 34.3. The first-order valence-electron chi connectivity index (χ1n) is 34.9. The number of amides is 2. The molecule has 3 heterocycles. The average Bonchev–Trinajstić information content (AvgIpc) is 0.800. The van der Waals surface area contributed by atoms with Crippen LogP contribution in [0, 0.1) is 0 Å². The highest BCUT2D eigenvalue weighted by Crippen LogP contribution is 2.37. The Kier molecular flexibility index (Phi) is 28.2. The lowest BCUT2D eigenvalue weighted by molar-refractivity contribution is 0.0647. The second-order valence-electron chi connectivity index (χ2n) is 29.5. The van der Waals surface area contributed by atoms with E-state index in [1.807, 2.05) is 211 Å². The van der Waals surface area contributed by atoms with Gasteiger partial charge in [0, 0.05) is 44.4 Å². The number of ether oxygens (including phenoxy) is 3. The summed E-state index contributed by atoms with van der Waals surface area (Å²) in [7, 11) is -1.99. The predicted octanol–water partition coefficient (Wildman–Crippen LogP) is 14.0. The fraction of sp³-hybridized carbons (Fsp3) is 0.378. The third-order valence-corrected chi connectivity index (χ3v) is 22.8. The predicted molar refractivity (Wildman–Crippen MR) is 406 cm³/mol. The Morgan fingerprint density at radius 3 is 0.981 bits per heavy atom. The number of nitrogens with zero attached hydrogens (tertiary/aromatic N) is 5. The lowest BCUT2D eigenvalue weighted by Gasteiger charge is -2.37. The van der Waals surface area contributed by atoms with Gasteiger partial charge in [0.1, 0.15) is 37.3 Å². The molecule has 2 amide bonds. The van der Waals surface area contributed by atoms with Crippen LogP contribution >= 0.6 is 0 Å². The summed E-state index contributed by atoms with van der Waals surface area (Å²) in [5.74, 6) is -1.38. The zero-order valence-electron chi connectivity index (χ0n) is 62.3. The number of carbonyl (C=O) groups excluding carboxylic acids is 2. The molecule has 0 aliphatic carbocycles. The van der Waals surface area contributed by atoms with Crippen molar-refractivity contribution < 1.29 is 43.2 Å². The first-order chi connectivity index (χ1) is 48.7. The molecule has 0 fully saturated rings. The first kappa shape index (κ1) is 80.2. The molecule has 20 nitrogen and oxygen atoms in total. The van der Waals surface area contributed by atoms with E-state index in [-0.39, 0.29) is 107 Å². The summed E-state index contributed by atoms with van der Waals surface area (Å²) in [5, 5.41) is 19.1. The SMILES string of the molecule is CC(C)(Cc1nc(C(=O)O)c(OCc2ccccc2)c(=O)[nH]1)c1ccccc1.CC(C)N(CCO)C(=O)c1nc(CC(C)(C)c2ccccc2)[nH]c(=O)c1OCc1ccccc1.CC(C)N(CCO[Si](C)(C)C(C)(C)C)C(=O)c1nc(CC(C)(C)c2ccccc2)[nH]c(=O)c1OCc1ccccc1. The number of carbonyl (C=O) groups is 3. The van der Waals surface area contributed by atoms with E-state index in [1.54, 1.807) is 4.90 Å². The molecule has 0 radical (unpaired) electrons. The van der Waals surface area contributed by atoms with Gasteiger partial charge in [-0.1, -0.05) is 244 Å². The third-order valence-electron chi connectivity index (χ3n) is 18.3. The molecule has 0 aliphatic heterocycles. The second kappa shape index (κ2) is 36.2. The molecule has 0 atom stereocenters. The number of hydrogen-bond donors (Lipinski definition) is 5. The number of carboxylic acid groups (broad SMARTS) is 1. The minimum Gasteiger partial charge on any atom is -0.481 e. The molecule has 3 aromatic heterocycles. The van der Waals surface area contributed by atoms with E-state index in [4.69, 9.17) is 23.6 Å². The Bertz CT molecular complexity index is 4390. The Morgan fingerprint density at radius 2 is 0.709 bits per heavy atom. The van der Waals surface area contributed by atoms with Crippen LogP contribution in [0.3, 0.4) is 0 Å². The maximum absolute atomic E-state index is 14.1. The number of aromatic amines is 3. The molecule has 21 heteroatoms. The van der Waals surface area contributed by atoms with Crippen LogP contribution < -0.4 is 30.9 Å². The van der Waals surface area contributed by atoms with Crippen molar-refractivity contribution in [3.8, 4) is 17.2 Å². The number of nitrogens with one attached hydrogen (secondary N) is 3. The maximum Gasteiger partial charge on any atom is 0.358 e. The summed E-state index contributed by atoms with van der Waals surface area (Å²) >= 11 is 0. The lowest BCUT2D eigenvalue weighted by Crippen LogP contribution is -2.45. The Balaban J connectivity index is 0.000000220. The summed E-state index contributed by atoms with van der Waals surface area (Å²) in [4.78, 5) is 103. The van der Waals surface area contributed by atoms with Crippen LogP contribution in [0.15, 0.2) is 196 Å². The summed E-state index contributed by atoms with van der Waals surface area (Å²) in [6, 6.07) is 57.7. The molecule has 0 bridgehead atoms. The van der Waals surface area contributed by atoms with E-state index in [1.165, 1.54) is 4.90 Å². The van der Waals surface area contributed by atoms with Crippen LogP contribution in [0.1, 0.15) is 172 Å². The van der Waals surface area contributed by atoms with Gasteiger partial charge < -0.3 is 53.6 Å². The summed E-state index contributed by atoms with van der Waals surface area (Å²) in [5.41, 5.74) is 2.95. The average molecular weight is 1420 g/mol. The van der Waals surface area contributed by atoms with E-state index in [2.05, 4.69) is 98.6 Å². The van der Waals surface area contributed by atoms with Gasteiger partial charge in [-0.25, -0.2) is 19.7 Å². The minimum atomic E-state index is -1.99. The number of rotatable bonds is 29. The molecular formula is C82H102N8O12Si. The van der Waals surface area contributed by atoms with Crippen LogP contribution in [0.25, 0.3) is 0 Å². The number of aliphatic hydroxyl groups excluding tert-OH is 1. The molecule has 0 saturated carbocycles. The molecular weight excluding hydrogens is 1320 g/mol. The van der Waals surface area contributed by atoms with Crippen LogP contribution in [0.4, 0.5) is 0 Å². The molecule has 0 saturated heterocycles. The number of aromatic carboxylic acids is 1. The highest BCUT2D eigenvalue weighted by Gasteiger charge is 2.38. The van der Waals surface area contributed by atoms with Gasteiger partial charge in [0.2, 0.25) is 17.2 Å². The summed E-state index contributed by atoms with van der Waals surface area (Å²) in [6.07, 6.45) is 1.25. The fourth-order valence-electron chi connectivity index (χ4n) is 11.2. The molecule has 9 aromatic rings. The summed E-state index contributed by atoms with van der Waals surface area (Å²) in [6.45, 7) is 32.1. The van der Waals surface area contributed by atoms with E-state index in [0.717, 1.165) is 33.4 Å². The lowest BCUT2D eigenvalue weighted by atomic mass is 9.81. The number of aliphatic hydroxyl groups is 1. The van der Waals surface area contributed by atoms with E-state index >= 15 is 0 Å². The number of benzene rings is 6. The van der Waals surface area contributed by atoms with Gasteiger partial charge >= 0.3 is 5.97 Å². The third kappa shape index (κ3) is 22.7. The highest BCUT2D eigenvalue weighted by atomic mass is 28.4. The summed E-state index contributed by atoms with van der Waals surface area (Å²) < 4.78 is 23.7. The Hall–Kier alpha value is -10.1. The van der Waals surface area contributed by atoms with Crippen LogP contribution in [-0.2, 0) is 59.8 Å². The first-order valence-corrected chi connectivity index (χ1v) is 37.8. The highest BCUT2D eigenvalue weighted by molar-refractivity contribution is 6.74. The molecule has 6 aromatic carbocycles. The maximum atomic E-state index is 14.1. The zero-order chi connectivity index (χ0) is 75.3. The van der Waals surface area contributed by atoms with Gasteiger partial charge in [-0.15, -0.1) is 0 Å². The van der Waals surface area contributed by atoms with Crippen molar-refractivity contribution >= 4 is 26.1 Å². The van der Waals surface area contributed by atoms with Gasteiger partial charge in [0.25, 0.3) is 28.5 Å². The fourth-order valence-corrected chi connectivity index (χ4v) is 12.3. The quantitative estimate of drug-likeness (QED) is 0.0273. The van der Waals surface area contributed by atoms with Crippen molar-refractivity contribution in [3.05, 3.63) is 281 Å². The number of H-pyrrole nitrogens is 3.